The van der Waals surface area contributed by atoms with Gasteiger partial charge >= 0.3 is 0 Å². The SMILES string of the molecule is CCN1CCN(C(=O)c2ccc(Nc3ccc(OC)cc3)nn2)CC1. The fourth-order valence-corrected chi connectivity index (χ4v) is 2.76. The van der Waals surface area contributed by atoms with Crippen LogP contribution < -0.4 is 10.1 Å². The summed E-state index contributed by atoms with van der Waals surface area (Å²) < 4.78 is 5.13. The maximum Gasteiger partial charge on any atom is 0.274 e. The number of benzene rings is 1. The number of aromatic nitrogens is 2. The summed E-state index contributed by atoms with van der Waals surface area (Å²) in [6.07, 6.45) is 0. The van der Waals surface area contributed by atoms with E-state index in [4.69, 9.17) is 4.74 Å². The fourth-order valence-electron chi connectivity index (χ4n) is 2.76. The Morgan fingerprint density at radius 1 is 1.08 bits per heavy atom. The largest absolute Gasteiger partial charge is 0.497 e. The summed E-state index contributed by atoms with van der Waals surface area (Å²) in [6.45, 7) is 6.45. The summed E-state index contributed by atoms with van der Waals surface area (Å²) in [5, 5.41) is 11.3. The zero-order chi connectivity index (χ0) is 17.6. The van der Waals surface area contributed by atoms with Crippen molar-refractivity contribution in [2.24, 2.45) is 0 Å². The number of carbonyl (C=O) groups is 1. The Labute approximate surface area is 147 Å². The Kier molecular flexibility index (Phi) is 5.45. The third-order valence-corrected chi connectivity index (χ3v) is 4.35. The van der Waals surface area contributed by atoms with Gasteiger partial charge in [-0.1, -0.05) is 6.92 Å². The molecule has 1 N–H and O–H groups in total. The van der Waals surface area contributed by atoms with E-state index >= 15 is 0 Å². The van der Waals surface area contributed by atoms with Crippen molar-refractivity contribution in [3.63, 3.8) is 0 Å². The molecule has 0 unspecified atom stereocenters. The third kappa shape index (κ3) is 4.24. The van der Waals surface area contributed by atoms with E-state index in [2.05, 4.69) is 27.3 Å². The van der Waals surface area contributed by atoms with Crippen molar-refractivity contribution in [1.29, 1.82) is 0 Å². The normalized spacial score (nSPS) is 15.0. The van der Waals surface area contributed by atoms with Crippen LogP contribution in [0.15, 0.2) is 36.4 Å². The molecule has 2 heterocycles. The van der Waals surface area contributed by atoms with Crippen molar-refractivity contribution >= 4 is 17.4 Å². The van der Waals surface area contributed by atoms with Gasteiger partial charge in [-0.05, 0) is 42.9 Å². The third-order valence-electron chi connectivity index (χ3n) is 4.35. The molecule has 1 fully saturated rings. The van der Waals surface area contributed by atoms with E-state index in [1.165, 1.54) is 0 Å². The molecule has 1 aromatic carbocycles. The molecule has 0 spiro atoms. The zero-order valence-corrected chi connectivity index (χ0v) is 14.6. The van der Waals surface area contributed by atoms with Gasteiger partial charge in [0.2, 0.25) is 0 Å². The lowest BCUT2D eigenvalue weighted by atomic mass is 10.2. The van der Waals surface area contributed by atoms with Gasteiger partial charge in [-0.2, -0.15) is 0 Å². The average molecular weight is 341 g/mol. The molecule has 1 saturated heterocycles. The second-order valence-electron chi connectivity index (χ2n) is 5.88. The van der Waals surface area contributed by atoms with Gasteiger partial charge in [-0.25, -0.2) is 0 Å². The van der Waals surface area contributed by atoms with Gasteiger partial charge in [0, 0.05) is 31.9 Å². The van der Waals surface area contributed by atoms with Gasteiger partial charge in [0.05, 0.1) is 7.11 Å². The number of rotatable bonds is 5. The highest BCUT2D eigenvalue weighted by molar-refractivity contribution is 5.92. The molecule has 0 aliphatic carbocycles. The average Bonchev–Trinajstić information content (AvgIpc) is 2.69. The van der Waals surface area contributed by atoms with E-state index in [0.717, 1.165) is 44.2 Å². The van der Waals surface area contributed by atoms with E-state index in [1.54, 1.807) is 19.2 Å². The molecule has 1 aliphatic heterocycles. The molecule has 1 aromatic heterocycles. The van der Waals surface area contributed by atoms with Gasteiger partial charge in [-0.15, -0.1) is 10.2 Å². The molecular weight excluding hydrogens is 318 g/mol. The number of methoxy groups -OCH3 is 1. The summed E-state index contributed by atoms with van der Waals surface area (Å²) in [5.41, 5.74) is 1.26. The number of likely N-dealkylation sites (N-methyl/N-ethyl adjacent to an activating group) is 1. The van der Waals surface area contributed by atoms with Crippen LogP contribution in [0.3, 0.4) is 0 Å². The van der Waals surface area contributed by atoms with Crippen LogP contribution in [0, 0.1) is 0 Å². The molecular formula is C18H23N5O2. The molecule has 25 heavy (non-hydrogen) atoms. The van der Waals surface area contributed by atoms with Crippen LogP contribution in [0.2, 0.25) is 0 Å². The molecule has 3 rings (SSSR count). The fraction of sp³-hybridized carbons (Fsp3) is 0.389. The number of hydrogen-bond acceptors (Lipinski definition) is 6. The second-order valence-corrected chi connectivity index (χ2v) is 5.88. The first-order chi connectivity index (χ1) is 12.2. The number of nitrogens with one attached hydrogen (secondary N) is 1. The number of nitrogens with zero attached hydrogens (tertiary/aromatic N) is 4. The Balaban J connectivity index is 1.60. The minimum absolute atomic E-state index is 0.0562. The summed E-state index contributed by atoms with van der Waals surface area (Å²) in [6, 6.07) is 11.0. The summed E-state index contributed by atoms with van der Waals surface area (Å²) >= 11 is 0. The topological polar surface area (TPSA) is 70.6 Å². The van der Waals surface area contributed by atoms with E-state index in [9.17, 15) is 4.79 Å². The zero-order valence-electron chi connectivity index (χ0n) is 14.6. The lowest BCUT2D eigenvalue weighted by Gasteiger charge is -2.33. The van der Waals surface area contributed by atoms with Crippen molar-refractivity contribution < 1.29 is 9.53 Å². The Morgan fingerprint density at radius 3 is 2.36 bits per heavy atom. The predicted octanol–water partition coefficient (Wildman–Crippen LogP) is 2.01. The summed E-state index contributed by atoms with van der Waals surface area (Å²) in [5.74, 6) is 1.33. The molecule has 7 heteroatoms. The standard InChI is InChI=1S/C18H23N5O2/c1-3-22-10-12-23(13-11-22)18(24)16-8-9-17(21-20-16)19-14-4-6-15(25-2)7-5-14/h4-9H,3,10-13H2,1-2H3,(H,19,21). The van der Waals surface area contributed by atoms with Crippen molar-refractivity contribution in [1.82, 2.24) is 20.0 Å². The first-order valence-corrected chi connectivity index (χ1v) is 8.46. The number of amides is 1. The van der Waals surface area contributed by atoms with Crippen molar-refractivity contribution in [3.05, 3.63) is 42.1 Å². The number of ether oxygens (including phenoxy) is 1. The maximum atomic E-state index is 12.5. The quantitative estimate of drug-likeness (QED) is 0.897. The lowest BCUT2D eigenvalue weighted by molar-refractivity contribution is 0.0636. The number of piperazine rings is 1. The lowest BCUT2D eigenvalue weighted by Crippen LogP contribution is -2.48. The van der Waals surface area contributed by atoms with Crippen molar-refractivity contribution in [2.75, 3.05) is 45.2 Å². The van der Waals surface area contributed by atoms with Gasteiger partial charge < -0.3 is 19.9 Å². The van der Waals surface area contributed by atoms with Crippen molar-refractivity contribution in [3.8, 4) is 5.75 Å². The van der Waals surface area contributed by atoms with Crippen LogP contribution in [-0.4, -0.2) is 65.7 Å². The van der Waals surface area contributed by atoms with Crippen LogP contribution in [0.4, 0.5) is 11.5 Å². The molecule has 0 bridgehead atoms. The first-order valence-electron chi connectivity index (χ1n) is 8.46. The second kappa shape index (κ2) is 7.94. The maximum absolute atomic E-state index is 12.5. The first kappa shape index (κ1) is 17.2. The van der Waals surface area contributed by atoms with Crippen LogP contribution in [0.25, 0.3) is 0 Å². The minimum Gasteiger partial charge on any atom is -0.497 e. The molecule has 1 amide bonds. The Bertz CT molecular complexity index is 694. The summed E-state index contributed by atoms with van der Waals surface area (Å²) in [7, 11) is 1.63. The number of carbonyl (C=O) groups excluding carboxylic acids is 1. The van der Waals surface area contributed by atoms with Crippen LogP contribution in [0.1, 0.15) is 17.4 Å². The smallest absolute Gasteiger partial charge is 0.274 e. The van der Waals surface area contributed by atoms with Gasteiger partial charge in [-0.3, -0.25) is 4.79 Å². The van der Waals surface area contributed by atoms with Gasteiger partial charge in [0.15, 0.2) is 11.5 Å². The van der Waals surface area contributed by atoms with E-state index < -0.39 is 0 Å². The molecule has 7 nitrogen and oxygen atoms in total. The highest BCUT2D eigenvalue weighted by Gasteiger charge is 2.22. The Hall–Kier alpha value is -2.67. The van der Waals surface area contributed by atoms with Crippen LogP contribution in [-0.2, 0) is 0 Å². The molecule has 0 saturated carbocycles. The highest BCUT2D eigenvalue weighted by Crippen LogP contribution is 2.18. The summed E-state index contributed by atoms with van der Waals surface area (Å²) in [4.78, 5) is 16.7. The van der Waals surface area contributed by atoms with Crippen LogP contribution in [0.5, 0.6) is 5.75 Å². The molecule has 132 valence electrons. The molecule has 0 atom stereocenters. The number of anilines is 2. The van der Waals surface area contributed by atoms with Gasteiger partial charge in [0.25, 0.3) is 5.91 Å². The predicted molar refractivity (Wildman–Crippen MR) is 96.3 cm³/mol. The number of hydrogen-bond donors (Lipinski definition) is 1. The Morgan fingerprint density at radius 2 is 1.80 bits per heavy atom. The molecule has 2 aromatic rings. The van der Waals surface area contributed by atoms with Crippen molar-refractivity contribution in [2.45, 2.75) is 6.92 Å². The van der Waals surface area contributed by atoms with Crippen LogP contribution >= 0.6 is 0 Å². The highest BCUT2D eigenvalue weighted by atomic mass is 16.5. The monoisotopic (exact) mass is 341 g/mol. The van der Waals surface area contributed by atoms with Gasteiger partial charge in [0.1, 0.15) is 5.75 Å². The molecule has 1 aliphatic rings. The van der Waals surface area contributed by atoms with E-state index in [0.29, 0.717) is 11.5 Å². The minimum atomic E-state index is -0.0562. The van der Waals surface area contributed by atoms with E-state index in [1.807, 2.05) is 29.2 Å². The molecule has 0 radical (unpaired) electrons. The van der Waals surface area contributed by atoms with E-state index in [-0.39, 0.29) is 5.91 Å².